The van der Waals surface area contributed by atoms with Gasteiger partial charge in [-0.3, -0.25) is 0 Å². The van der Waals surface area contributed by atoms with Crippen LogP contribution in [0.2, 0.25) is 5.02 Å². The summed E-state index contributed by atoms with van der Waals surface area (Å²) in [7, 11) is 0. The number of nitrogens with zero attached hydrogens (tertiary/aromatic N) is 5. The number of nitrogens with two attached hydrogens (primary N) is 1. The molecule has 3 aromatic rings. The van der Waals surface area contributed by atoms with Gasteiger partial charge in [-0.15, -0.1) is 0 Å². The van der Waals surface area contributed by atoms with E-state index in [0.717, 1.165) is 0 Å². The first-order valence-electron chi connectivity index (χ1n) is 4.54. The van der Waals surface area contributed by atoms with Gasteiger partial charge in [0.1, 0.15) is 5.82 Å². The SMILES string of the molecule is Nc1cn2ccnc2c(-n2cc(Cl)cn2)n1. The zero-order valence-corrected chi connectivity index (χ0v) is 8.83. The molecule has 0 atom stereocenters. The second-order valence-corrected chi connectivity index (χ2v) is 3.69. The fraction of sp³-hybridized carbons (Fsp3) is 0. The fourth-order valence-electron chi connectivity index (χ4n) is 1.50. The molecule has 2 N–H and O–H groups in total. The predicted octanol–water partition coefficient (Wildman–Crippen LogP) is 1.15. The number of rotatable bonds is 1. The maximum Gasteiger partial charge on any atom is 0.199 e. The van der Waals surface area contributed by atoms with E-state index in [1.54, 1.807) is 33.9 Å². The summed E-state index contributed by atoms with van der Waals surface area (Å²) in [4.78, 5) is 8.38. The summed E-state index contributed by atoms with van der Waals surface area (Å²) >= 11 is 5.81. The number of nitrogen functional groups attached to an aromatic ring is 1. The molecular formula is C9H7ClN6. The molecule has 0 unspecified atom stereocenters. The zero-order valence-electron chi connectivity index (χ0n) is 8.08. The summed E-state index contributed by atoms with van der Waals surface area (Å²) in [6.45, 7) is 0. The number of imidazole rings is 1. The Morgan fingerprint density at radius 2 is 2.19 bits per heavy atom. The predicted molar refractivity (Wildman–Crippen MR) is 59.5 cm³/mol. The Morgan fingerprint density at radius 3 is 2.94 bits per heavy atom. The molecule has 0 amide bonds. The lowest BCUT2D eigenvalue weighted by molar-refractivity contribution is 0.844. The van der Waals surface area contributed by atoms with Crippen LogP contribution in [0.15, 0.2) is 31.0 Å². The van der Waals surface area contributed by atoms with Crippen molar-refractivity contribution in [3.05, 3.63) is 36.0 Å². The van der Waals surface area contributed by atoms with Gasteiger partial charge in [-0.2, -0.15) is 5.10 Å². The van der Waals surface area contributed by atoms with Crippen molar-refractivity contribution in [2.45, 2.75) is 0 Å². The van der Waals surface area contributed by atoms with Crippen LogP contribution >= 0.6 is 11.6 Å². The third-order valence-corrected chi connectivity index (χ3v) is 2.34. The molecule has 0 aliphatic rings. The fourth-order valence-corrected chi connectivity index (χ4v) is 1.64. The van der Waals surface area contributed by atoms with Crippen LogP contribution in [-0.2, 0) is 0 Å². The highest BCUT2D eigenvalue weighted by Gasteiger charge is 2.09. The van der Waals surface area contributed by atoms with Gasteiger partial charge in [-0.1, -0.05) is 11.6 Å². The molecule has 0 saturated heterocycles. The Hall–Kier alpha value is -2.08. The van der Waals surface area contributed by atoms with Gasteiger partial charge < -0.3 is 10.1 Å². The molecule has 3 rings (SSSR count). The first kappa shape index (κ1) is 9.17. The van der Waals surface area contributed by atoms with Crippen molar-refractivity contribution in [3.63, 3.8) is 0 Å². The molecule has 3 aromatic heterocycles. The lowest BCUT2D eigenvalue weighted by atomic mass is 10.5. The number of aromatic nitrogens is 5. The average Bonchev–Trinajstić information content (AvgIpc) is 2.84. The van der Waals surface area contributed by atoms with Crippen LogP contribution in [0.1, 0.15) is 0 Å². The van der Waals surface area contributed by atoms with Crippen LogP contribution in [0.3, 0.4) is 0 Å². The number of hydrogen-bond acceptors (Lipinski definition) is 4. The zero-order chi connectivity index (χ0) is 11.1. The highest BCUT2D eigenvalue weighted by atomic mass is 35.5. The molecule has 16 heavy (non-hydrogen) atoms. The minimum absolute atomic E-state index is 0.395. The number of fused-ring (bicyclic) bond motifs is 1. The molecule has 0 saturated carbocycles. The first-order chi connectivity index (χ1) is 7.74. The molecular weight excluding hydrogens is 228 g/mol. The smallest absolute Gasteiger partial charge is 0.199 e. The Morgan fingerprint density at radius 1 is 1.31 bits per heavy atom. The highest BCUT2D eigenvalue weighted by molar-refractivity contribution is 6.30. The van der Waals surface area contributed by atoms with Crippen LogP contribution in [0.4, 0.5) is 5.82 Å². The molecule has 0 bridgehead atoms. The van der Waals surface area contributed by atoms with Crippen molar-refractivity contribution < 1.29 is 0 Å². The summed E-state index contributed by atoms with van der Waals surface area (Å²) in [5, 5.41) is 4.61. The number of hydrogen-bond donors (Lipinski definition) is 1. The van der Waals surface area contributed by atoms with E-state index in [-0.39, 0.29) is 0 Å². The second kappa shape index (κ2) is 3.21. The van der Waals surface area contributed by atoms with E-state index < -0.39 is 0 Å². The molecule has 0 radical (unpaired) electrons. The van der Waals surface area contributed by atoms with Crippen molar-refractivity contribution in [1.82, 2.24) is 24.1 Å². The molecule has 6 nitrogen and oxygen atoms in total. The lowest BCUT2D eigenvalue weighted by Crippen LogP contribution is -2.05. The normalized spacial score (nSPS) is 11.1. The molecule has 0 aromatic carbocycles. The van der Waals surface area contributed by atoms with E-state index >= 15 is 0 Å². The molecule has 0 aliphatic carbocycles. The lowest BCUT2D eigenvalue weighted by Gasteiger charge is -2.03. The van der Waals surface area contributed by atoms with E-state index in [1.807, 2.05) is 0 Å². The summed E-state index contributed by atoms with van der Waals surface area (Å²) in [6.07, 6.45) is 8.34. The van der Waals surface area contributed by atoms with Gasteiger partial charge in [-0.05, 0) is 0 Å². The summed E-state index contributed by atoms with van der Waals surface area (Å²) in [5.41, 5.74) is 6.37. The van der Waals surface area contributed by atoms with E-state index in [0.29, 0.717) is 22.3 Å². The maximum atomic E-state index is 5.81. The Labute approximate surface area is 95.3 Å². The molecule has 3 heterocycles. The maximum absolute atomic E-state index is 5.81. The van der Waals surface area contributed by atoms with Gasteiger partial charge in [0.2, 0.25) is 0 Å². The average molecular weight is 235 g/mol. The van der Waals surface area contributed by atoms with Crippen molar-refractivity contribution in [3.8, 4) is 5.82 Å². The van der Waals surface area contributed by atoms with Gasteiger partial charge >= 0.3 is 0 Å². The molecule has 0 fully saturated rings. The summed E-state index contributed by atoms with van der Waals surface area (Å²) in [6, 6.07) is 0. The molecule has 0 aliphatic heterocycles. The molecule has 80 valence electrons. The van der Waals surface area contributed by atoms with Crippen LogP contribution in [0, 0.1) is 0 Å². The minimum Gasteiger partial charge on any atom is -0.382 e. The van der Waals surface area contributed by atoms with Crippen molar-refractivity contribution >= 4 is 23.1 Å². The largest absolute Gasteiger partial charge is 0.382 e. The van der Waals surface area contributed by atoms with Gasteiger partial charge in [0, 0.05) is 12.4 Å². The molecule has 7 heteroatoms. The summed E-state index contributed by atoms with van der Waals surface area (Å²) < 4.78 is 3.33. The van der Waals surface area contributed by atoms with Gasteiger partial charge in [0.05, 0.1) is 23.6 Å². The Balaban J connectivity index is 2.33. The van der Waals surface area contributed by atoms with E-state index in [2.05, 4.69) is 15.1 Å². The van der Waals surface area contributed by atoms with Crippen LogP contribution in [0.5, 0.6) is 0 Å². The molecule has 0 spiro atoms. The number of anilines is 1. The van der Waals surface area contributed by atoms with Crippen molar-refractivity contribution in [2.24, 2.45) is 0 Å². The monoisotopic (exact) mass is 234 g/mol. The van der Waals surface area contributed by atoms with E-state index in [9.17, 15) is 0 Å². The van der Waals surface area contributed by atoms with Gasteiger partial charge in [0.15, 0.2) is 11.5 Å². The standard InChI is InChI=1S/C9H7ClN6/c10-6-3-13-16(4-6)9-8-12-1-2-15(8)5-7(11)14-9/h1-5H,11H2. The third-order valence-electron chi connectivity index (χ3n) is 2.14. The van der Waals surface area contributed by atoms with Gasteiger partial charge in [-0.25, -0.2) is 14.6 Å². The topological polar surface area (TPSA) is 74.0 Å². The summed E-state index contributed by atoms with van der Waals surface area (Å²) in [5.74, 6) is 0.948. The van der Waals surface area contributed by atoms with Gasteiger partial charge in [0.25, 0.3) is 0 Å². The van der Waals surface area contributed by atoms with Crippen LogP contribution in [-0.4, -0.2) is 24.1 Å². The highest BCUT2D eigenvalue weighted by Crippen LogP contribution is 2.15. The number of halogens is 1. The Kier molecular flexibility index (Phi) is 1.84. The third kappa shape index (κ3) is 1.31. The van der Waals surface area contributed by atoms with E-state index in [4.69, 9.17) is 17.3 Å². The minimum atomic E-state index is 0.395. The second-order valence-electron chi connectivity index (χ2n) is 3.25. The van der Waals surface area contributed by atoms with Crippen LogP contribution < -0.4 is 5.73 Å². The Bertz CT molecular complexity index is 655. The van der Waals surface area contributed by atoms with Crippen molar-refractivity contribution in [1.29, 1.82) is 0 Å². The van der Waals surface area contributed by atoms with Crippen LogP contribution in [0.25, 0.3) is 11.5 Å². The van der Waals surface area contributed by atoms with E-state index in [1.165, 1.54) is 6.20 Å². The first-order valence-corrected chi connectivity index (χ1v) is 4.91. The van der Waals surface area contributed by atoms with Crippen molar-refractivity contribution in [2.75, 3.05) is 5.73 Å². The quantitative estimate of drug-likeness (QED) is 0.686.